The Bertz CT molecular complexity index is 312. The number of hydrogen-bond acceptors (Lipinski definition) is 1. The van der Waals surface area contributed by atoms with E-state index in [4.69, 9.17) is 11.6 Å². The van der Waals surface area contributed by atoms with Crippen molar-refractivity contribution in [3.8, 4) is 0 Å². The Kier molecular flexibility index (Phi) is 3.43. The fourth-order valence-electron chi connectivity index (χ4n) is 1.16. The summed E-state index contributed by atoms with van der Waals surface area (Å²) in [5, 5.41) is 0.371. The second kappa shape index (κ2) is 4.38. The zero-order valence-electron chi connectivity index (χ0n) is 7.43. The van der Waals surface area contributed by atoms with E-state index < -0.39 is 0 Å². The van der Waals surface area contributed by atoms with Crippen LogP contribution in [0.5, 0.6) is 0 Å². The van der Waals surface area contributed by atoms with Crippen LogP contribution in [0.15, 0.2) is 24.9 Å². The lowest BCUT2D eigenvalue weighted by Gasteiger charge is -2.09. The van der Waals surface area contributed by atoms with Gasteiger partial charge in [0.25, 0.3) is 0 Å². The summed E-state index contributed by atoms with van der Waals surface area (Å²) in [5.41, 5.74) is 0.738. The molecule has 0 unspecified atom stereocenters. The lowest BCUT2D eigenvalue weighted by atomic mass is 10.00. The molecule has 1 atom stereocenters. The third kappa shape index (κ3) is 2.52. The fraction of sp³-hybridized carbons (Fsp3) is 0.300. The molecule has 0 saturated carbocycles. The second-order valence-electron chi connectivity index (χ2n) is 2.96. The molecule has 0 aliphatic heterocycles. The van der Waals surface area contributed by atoms with E-state index in [1.165, 1.54) is 6.07 Å². The van der Waals surface area contributed by atoms with Crippen molar-refractivity contribution < 1.29 is 4.39 Å². The highest BCUT2D eigenvalue weighted by molar-refractivity contribution is 6.30. The molecule has 0 radical (unpaired) electrons. The smallest absolute Gasteiger partial charge is 0.141 e. The Labute approximate surface area is 82.3 Å². The van der Waals surface area contributed by atoms with Gasteiger partial charge in [-0.15, -0.1) is 6.58 Å². The maximum absolute atomic E-state index is 12.8. The van der Waals surface area contributed by atoms with E-state index in [0.29, 0.717) is 5.15 Å². The molecule has 1 nitrogen and oxygen atoms in total. The number of hydrogen-bond donors (Lipinski definition) is 0. The van der Waals surface area contributed by atoms with Gasteiger partial charge in [0.2, 0.25) is 0 Å². The minimum atomic E-state index is -0.352. The summed E-state index contributed by atoms with van der Waals surface area (Å²) in [6.07, 6.45) is 3.67. The molecular formula is C10H11ClFN. The maximum Gasteiger partial charge on any atom is 0.141 e. The van der Waals surface area contributed by atoms with E-state index in [9.17, 15) is 4.39 Å². The Hall–Kier alpha value is -0.890. The van der Waals surface area contributed by atoms with Gasteiger partial charge in [0, 0.05) is 0 Å². The molecule has 1 heterocycles. The lowest BCUT2D eigenvalue weighted by molar-refractivity contribution is 0.614. The summed E-state index contributed by atoms with van der Waals surface area (Å²) in [5.74, 6) is -0.191. The van der Waals surface area contributed by atoms with Gasteiger partial charge in [0.1, 0.15) is 11.0 Å². The maximum atomic E-state index is 12.8. The summed E-state index contributed by atoms with van der Waals surface area (Å²) >= 11 is 5.81. The molecule has 1 aromatic heterocycles. The fourth-order valence-corrected chi connectivity index (χ4v) is 1.45. The topological polar surface area (TPSA) is 12.9 Å². The first-order valence-corrected chi connectivity index (χ1v) is 4.44. The van der Waals surface area contributed by atoms with Crippen molar-refractivity contribution in [1.82, 2.24) is 4.98 Å². The van der Waals surface area contributed by atoms with Crippen LogP contribution in [0.2, 0.25) is 5.15 Å². The molecule has 0 fully saturated rings. The normalized spacial score (nSPS) is 12.5. The van der Waals surface area contributed by atoms with Crippen molar-refractivity contribution in [3.05, 3.63) is 41.5 Å². The average molecular weight is 200 g/mol. The van der Waals surface area contributed by atoms with Gasteiger partial charge in [-0.3, -0.25) is 0 Å². The largest absolute Gasteiger partial charge is 0.241 e. The molecule has 0 saturated heterocycles. The van der Waals surface area contributed by atoms with Crippen LogP contribution in [0, 0.1) is 5.82 Å². The van der Waals surface area contributed by atoms with E-state index in [1.807, 2.05) is 6.92 Å². The Morgan fingerprint density at radius 1 is 1.77 bits per heavy atom. The zero-order valence-corrected chi connectivity index (χ0v) is 8.18. The Morgan fingerprint density at radius 2 is 2.46 bits per heavy atom. The van der Waals surface area contributed by atoms with Crippen molar-refractivity contribution >= 4 is 11.6 Å². The first-order valence-electron chi connectivity index (χ1n) is 4.07. The van der Waals surface area contributed by atoms with E-state index in [-0.39, 0.29) is 11.7 Å². The molecular weight excluding hydrogens is 189 g/mol. The third-order valence-corrected chi connectivity index (χ3v) is 2.20. The molecule has 0 aliphatic carbocycles. The first kappa shape index (κ1) is 10.2. The van der Waals surface area contributed by atoms with Crippen LogP contribution in [0.1, 0.15) is 24.8 Å². The highest BCUT2D eigenvalue weighted by Crippen LogP contribution is 2.25. The average Bonchev–Trinajstić information content (AvgIpc) is 2.09. The van der Waals surface area contributed by atoms with Crippen LogP contribution in [-0.2, 0) is 0 Å². The van der Waals surface area contributed by atoms with Gasteiger partial charge in [-0.2, -0.15) is 0 Å². The molecule has 70 valence electrons. The van der Waals surface area contributed by atoms with Gasteiger partial charge in [0.05, 0.1) is 6.20 Å². The van der Waals surface area contributed by atoms with Crippen molar-refractivity contribution in [2.75, 3.05) is 0 Å². The lowest BCUT2D eigenvalue weighted by Crippen LogP contribution is -1.96. The predicted octanol–water partition coefficient (Wildman–Crippen LogP) is 3.55. The molecule has 0 aliphatic rings. The number of pyridine rings is 1. The highest BCUT2D eigenvalue weighted by atomic mass is 35.5. The van der Waals surface area contributed by atoms with Gasteiger partial charge < -0.3 is 0 Å². The zero-order chi connectivity index (χ0) is 9.84. The number of allylic oxidation sites excluding steroid dienone is 1. The summed E-state index contributed by atoms with van der Waals surface area (Å²) in [7, 11) is 0. The molecule has 0 bridgehead atoms. The van der Waals surface area contributed by atoms with Crippen molar-refractivity contribution in [2.45, 2.75) is 19.3 Å². The SMILES string of the molecule is C=CC[C@@H](C)c1cc(F)cnc1Cl. The molecule has 0 spiro atoms. The number of halogens is 2. The molecule has 1 rings (SSSR count). The van der Waals surface area contributed by atoms with Crippen LogP contribution in [0.25, 0.3) is 0 Å². The van der Waals surface area contributed by atoms with E-state index in [2.05, 4.69) is 11.6 Å². The third-order valence-electron chi connectivity index (χ3n) is 1.88. The first-order chi connectivity index (χ1) is 6.15. The van der Waals surface area contributed by atoms with Gasteiger partial charge in [-0.25, -0.2) is 9.37 Å². The second-order valence-corrected chi connectivity index (χ2v) is 3.32. The van der Waals surface area contributed by atoms with Crippen molar-refractivity contribution in [2.24, 2.45) is 0 Å². The standard InChI is InChI=1S/C10H11ClFN/c1-3-4-7(2)9-5-8(12)6-13-10(9)11/h3,5-7H,1,4H2,2H3/t7-/m1/s1. The van der Waals surface area contributed by atoms with E-state index in [1.54, 1.807) is 6.08 Å². The van der Waals surface area contributed by atoms with Crippen molar-refractivity contribution in [3.63, 3.8) is 0 Å². The minimum Gasteiger partial charge on any atom is -0.241 e. The van der Waals surface area contributed by atoms with Gasteiger partial charge in [-0.1, -0.05) is 24.6 Å². The van der Waals surface area contributed by atoms with Gasteiger partial charge in [0.15, 0.2) is 0 Å². The quantitative estimate of drug-likeness (QED) is 0.536. The van der Waals surface area contributed by atoms with Gasteiger partial charge in [-0.05, 0) is 24.0 Å². The molecule has 0 aromatic carbocycles. The molecule has 0 amide bonds. The highest BCUT2D eigenvalue weighted by Gasteiger charge is 2.10. The molecule has 13 heavy (non-hydrogen) atoms. The Balaban J connectivity index is 2.97. The van der Waals surface area contributed by atoms with Crippen LogP contribution in [-0.4, -0.2) is 4.98 Å². The van der Waals surface area contributed by atoms with Gasteiger partial charge >= 0.3 is 0 Å². The summed E-state index contributed by atoms with van der Waals surface area (Å²) in [6, 6.07) is 1.42. The van der Waals surface area contributed by atoms with Crippen LogP contribution in [0.4, 0.5) is 4.39 Å². The summed E-state index contributed by atoms with van der Waals surface area (Å²) in [6.45, 7) is 5.58. The summed E-state index contributed by atoms with van der Waals surface area (Å²) in [4.78, 5) is 3.74. The van der Waals surface area contributed by atoms with Crippen LogP contribution in [0.3, 0.4) is 0 Å². The molecule has 0 N–H and O–H groups in total. The molecule has 1 aromatic rings. The minimum absolute atomic E-state index is 0.160. The van der Waals surface area contributed by atoms with E-state index in [0.717, 1.165) is 18.2 Å². The summed E-state index contributed by atoms with van der Waals surface area (Å²) < 4.78 is 12.8. The van der Waals surface area contributed by atoms with Crippen LogP contribution >= 0.6 is 11.6 Å². The predicted molar refractivity (Wildman–Crippen MR) is 52.4 cm³/mol. The van der Waals surface area contributed by atoms with Crippen molar-refractivity contribution in [1.29, 1.82) is 0 Å². The number of aromatic nitrogens is 1. The van der Waals surface area contributed by atoms with Crippen LogP contribution < -0.4 is 0 Å². The van der Waals surface area contributed by atoms with E-state index >= 15 is 0 Å². The monoisotopic (exact) mass is 199 g/mol. The molecule has 3 heteroatoms. The number of rotatable bonds is 3. The number of nitrogens with zero attached hydrogens (tertiary/aromatic N) is 1. The Morgan fingerprint density at radius 3 is 3.08 bits per heavy atom.